The monoisotopic (exact) mass is 437 g/mol. The van der Waals surface area contributed by atoms with Gasteiger partial charge in [0, 0.05) is 31.8 Å². The highest BCUT2D eigenvalue weighted by Crippen LogP contribution is 2.16. The van der Waals surface area contributed by atoms with Crippen molar-refractivity contribution >= 4 is 40.8 Å². The van der Waals surface area contributed by atoms with Crippen LogP contribution in [0.3, 0.4) is 0 Å². The maximum Gasteiger partial charge on any atom is 0.280 e. The van der Waals surface area contributed by atoms with E-state index in [1.54, 1.807) is 37.5 Å². The third-order valence-corrected chi connectivity index (χ3v) is 4.66. The van der Waals surface area contributed by atoms with Crippen LogP contribution < -0.4 is 21.1 Å². The molecule has 1 aromatic carbocycles. The van der Waals surface area contributed by atoms with Gasteiger partial charge in [0.2, 0.25) is 5.95 Å². The molecule has 0 fully saturated rings. The van der Waals surface area contributed by atoms with Crippen molar-refractivity contribution in [3.8, 4) is 0 Å². The number of anilines is 2. The van der Waals surface area contributed by atoms with Gasteiger partial charge >= 0.3 is 0 Å². The number of hydrogen-bond donors (Lipinski definition) is 3. The fraction of sp³-hybridized carbons (Fsp3) is 0.286. The largest absolute Gasteiger partial charge is 0.369 e. The van der Waals surface area contributed by atoms with Crippen LogP contribution in [0.5, 0.6) is 0 Å². The minimum atomic E-state index is -0.851. The first-order chi connectivity index (χ1) is 15.3. The number of nitrogens with zero attached hydrogens (tertiary/aromatic N) is 4. The Morgan fingerprint density at radius 2 is 1.94 bits per heavy atom. The molecule has 0 aliphatic heterocycles. The van der Waals surface area contributed by atoms with Gasteiger partial charge in [0.15, 0.2) is 11.2 Å². The molecule has 1 atom stereocenters. The van der Waals surface area contributed by atoms with Gasteiger partial charge in [-0.2, -0.15) is 4.98 Å². The maximum absolute atomic E-state index is 12.3. The smallest absolute Gasteiger partial charge is 0.280 e. The number of ketones is 1. The Bertz CT molecular complexity index is 1210. The van der Waals surface area contributed by atoms with Crippen molar-refractivity contribution in [3.63, 3.8) is 0 Å². The van der Waals surface area contributed by atoms with E-state index < -0.39 is 11.9 Å². The molecule has 11 nitrogen and oxygen atoms in total. The van der Waals surface area contributed by atoms with E-state index in [1.807, 2.05) is 11.9 Å². The first kappa shape index (κ1) is 22.5. The first-order valence-corrected chi connectivity index (χ1v) is 9.81. The lowest BCUT2D eigenvalue weighted by Crippen LogP contribution is -2.37. The molecule has 166 valence electrons. The highest BCUT2D eigenvalue weighted by atomic mass is 16.2. The Balaban J connectivity index is 1.70. The van der Waals surface area contributed by atoms with Crippen molar-refractivity contribution in [1.82, 2.24) is 25.3 Å². The number of amides is 1. The standard InChI is InChI=1S/C21H23N7O4/c1-12(30)8-14(11-29)25-19(31)13-4-6-16(7-5-13)28(3)10-15-9-23-18-17(24-15)20(32)27-21(22-2)26-18/h4-7,9,11,14H,8,10H2,1-3H3,(H,25,31)(H2,22,23,26,27,32). The number of H-pyrrole nitrogens is 1. The molecule has 3 rings (SSSR count). The van der Waals surface area contributed by atoms with Crippen LogP contribution in [0.2, 0.25) is 0 Å². The Kier molecular flexibility index (Phi) is 6.88. The van der Waals surface area contributed by atoms with Crippen molar-refractivity contribution in [2.75, 3.05) is 24.3 Å². The van der Waals surface area contributed by atoms with Gasteiger partial charge < -0.3 is 20.3 Å². The van der Waals surface area contributed by atoms with Crippen LogP contribution >= 0.6 is 0 Å². The lowest BCUT2D eigenvalue weighted by molar-refractivity contribution is -0.119. The molecule has 1 amide bonds. The zero-order valence-corrected chi connectivity index (χ0v) is 17.9. The molecular formula is C21H23N7O4. The van der Waals surface area contributed by atoms with Gasteiger partial charge in [0.05, 0.1) is 24.5 Å². The highest BCUT2D eigenvalue weighted by molar-refractivity contribution is 5.96. The van der Waals surface area contributed by atoms with Gasteiger partial charge in [-0.15, -0.1) is 0 Å². The molecule has 1 unspecified atom stereocenters. The lowest BCUT2D eigenvalue weighted by Gasteiger charge is -2.19. The van der Waals surface area contributed by atoms with Crippen LogP contribution in [0.1, 0.15) is 29.4 Å². The molecule has 0 bridgehead atoms. The number of aromatic nitrogens is 4. The molecule has 3 aromatic rings. The molecule has 0 saturated heterocycles. The van der Waals surface area contributed by atoms with E-state index >= 15 is 0 Å². The summed E-state index contributed by atoms with van der Waals surface area (Å²) in [4.78, 5) is 63.9. The summed E-state index contributed by atoms with van der Waals surface area (Å²) in [5.41, 5.74) is 1.75. The maximum atomic E-state index is 12.3. The second kappa shape index (κ2) is 9.77. The molecule has 0 aliphatic carbocycles. The van der Waals surface area contributed by atoms with Crippen LogP contribution in [-0.2, 0) is 16.1 Å². The van der Waals surface area contributed by atoms with E-state index in [1.165, 1.54) is 6.92 Å². The van der Waals surface area contributed by atoms with Gasteiger partial charge in [0.25, 0.3) is 11.5 Å². The second-order valence-electron chi connectivity index (χ2n) is 7.22. The van der Waals surface area contributed by atoms with Crippen molar-refractivity contribution in [2.45, 2.75) is 25.9 Å². The SMILES string of the molecule is CNc1nc2ncc(CN(C)c3ccc(C(=O)NC(C=O)CC(C)=O)cc3)nc2c(=O)[nH]1. The fourth-order valence-electron chi connectivity index (χ4n) is 3.04. The number of aldehydes is 1. The van der Waals surface area contributed by atoms with Crippen molar-refractivity contribution in [3.05, 3.63) is 52.1 Å². The lowest BCUT2D eigenvalue weighted by atomic mass is 10.1. The van der Waals surface area contributed by atoms with Gasteiger partial charge in [-0.05, 0) is 31.2 Å². The molecule has 2 aromatic heterocycles. The van der Waals surface area contributed by atoms with E-state index in [0.29, 0.717) is 30.0 Å². The molecule has 32 heavy (non-hydrogen) atoms. The summed E-state index contributed by atoms with van der Waals surface area (Å²) in [5.74, 6) is -0.312. The van der Waals surface area contributed by atoms with Crippen LogP contribution in [0.15, 0.2) is 35.3 Å². The Morgan fingerprint density at radius 3 is 2.56 bits per heavy atom. The van der Waals surface area contributed by atoms with E-state index in [-0.39, 0.29) is 28.9 Å². The van der Waals surface area contributed by atoms with Crippen molar-refractivity contribution in [1.29, 1.82) is 0 Å². The molecule has 0 aliphatic rings. The van der Waals surface area contributed by atoms with Crippen LogP contribution in [0.25, 0.3) is 11.2 Å². The number of fused-ring (bicyclic) bond motifs is 1. The zero-order valence-electron chi connectivity index (χ0n) is 17.9. The van der Waals surface area contributed by atoms with E-state index in [0.717, 1.165) is 5.69 Å². The number of carbonyl (C=O) groups excluding carboxylic acids is 3. The number of Topliss-reactive ketones (excluding diaryl/α,β-unsaturated/α-hetero) is 1. The quantitative estimate of drug-likeness (QED) is 0.410. The first-order valence-electron chi connectivity index (χ1n) is 9.81. The molecule has 11 heteroatoms. The predicted molar refractivity (Wildman–Crippen MR) is 119 cm³/mol. The van der Waals surface area contributed by atoms with Crippen LogP contribution in [0.4, 0.5) is 11.6 Å². The minimum Gasteiger partial charge on any atom is -0.369 e. The Hall–Kier alpha value is -4.15. The normalized spacial score (nSPS) is 11.6. The third kappa shape index (κ3) is 5.31. The summed E-state index contributed by atoms with van der Waals surface area (Å²) in [6.45, 7) is 1.73. The van der Waals surface area contributed by atoms with E-state index in [4.69, 9.17) is 0 Å². The predicted octanol–water partition coefficient (Wildman–Crippen LogP) is 0.668. The molecule has 0 spiro atoms. The second-order valence-corrected chi connectivity index (χ2v) is 7.22. The summed E-state index contributed by atoms with van der Waals surface area (Å²) in [5, 5.41) is 5.29. The molecule has 0 saturated carbocycles. The molecular weight excluding hydrogens is 414 g/mol. The number of nitrogens with one attached hydrogen (secondary N) is 3. The van der Waals surface area contributed by atoms with Crippen LogP contribution in [-0.4, -0.2) is 58.0 Å². The van der Waals surface area contributed by atoms with Gasteiger partial charge in [-0.1, -0.05) is 0 Å². The number of rotatable bonds is 9. The number of aromatic amines is 1. The fourth-order valence-corrected chi connectivity index (χ4v) is 3.04. The van der Waals surface area contributed by atoms with Gasteiger partial charge in [0.1, 0.15) is 12.1 Å². The molecule has 0 radical (unpaired) electrons. The van der Waals surface area contributed by atoms with E-state index in [9.17, 15) is 19.2 Å². The topological polar surface area (TPSA) is 150 Å². The number of benzene rings is 1. The Labute approximate surface area is 183 Å². The highest BCUT2D eigenvalue weighted by Gasteiger charge is 2.15. The average Bonchev–Trinajstić information content (AvgIpc) is 2.78. The zero-order chi connectivity index (χ0) is 23.3. The third-order valence-electron chi connectivity index (χ3n) is 4.66. The minimum absolute atomic E-state index is 0.0442. The van der Waals surface area contributed by atoms with Crippen molar-refractivity contribution in [2.24, 2.45) is 0 Å². The molecule has 2 heterocycles. The van der Waals surface area contributed by atoms with Gasteiger partial charge in [-0.25, -0.2) is 9.97 Å². The summed E-state index contributed by atoms with van der Waals surface area (Å²) in [7, 11) is 3.48. The average molecular weight is 437 g/mol. The summed E-state index contributed by atoms with van der Waals surface area (Å²) in [6, 6.07) is 5.89. The van der Waals surface area contributed by atoms with Crippen LogP contribution in [0, 0.1) is 0 Å². The Morgan fingerprint density at radius 1 is 1.22 bits per heavy atom. The molecule has 3 N–H and O–H groups in total. The summed E-state index contributed by atoms with van der Waals surface area (Å²) in [6.07, 6.45) is 2.06. The van der Waals surface area contributed by atoms with E-state index in [2.05, 4.69) is 30.6 Å². The number of hydrogen-bond acceptors (Lipinski definition) is 9. The summed E-state index contributed by atoms with van der Waals surface area (Å²) < 4.78 is 0. The number of carbonyl (C=O) groups is 3. The van der Waals surface area contributed by atoms with Gasteiger partial charge in [-0.3, -0.25) is 19.4 Å². The summed E-state index contributed by atoms with van der Waals surface area (Å²) >= 11 is 0. The van der Waals surface area contributed by atoms with Crippen molar-refractivity contribution < 1.29 is 14.4 Å².